The monoisotopic (exact) mass is 1050 g/mol. The lowest BCUT2D eigenvalue weighted by Gasteiger charge is -2.47. The molecule has 0 bridgehead atoms. The number of aromatic hydroxyl groups is 1. The number of methoxy groups -OCH3 is 1. The normalized spacial score (nSPS) is 23.0. The molecule has 3 saturated carbocycles. The van der Waals surface area contributed by atoms with Crippen LogP contribution in [0.3, 0.4) is 0 Å². The van der Waals surface area contributed by atoms with Crippen molar-refractivity contribution in [1.82, 2.24) is 35.0 Å². The highest BCUT2D eigenvalue weighted by Crippen LogP contribution is 2.50. The van der Waals surface area contributed by atoms with Crippen molar-refractivity contribution in [1.29, 1.82) is 0 Å². The number of nitrogens with zero attached hydrogens (tertiary/aromatic N) is 8. The summed E-state index contributed by atoms with van der Waals surface area (Å²) in [4.78, 5) is 76.3. The smallest absolute Gasteiger partial charge is 0.328 e. The van der Waals surface area contributed by atoms with Gasteiger partial charge in [-0.3, -0.25) is 29.6 Å². The number of hydrogen-bond donors (Lipinski definition) is 2. The fourth-order valence-electron chi connectivity index (χ4n) is 13.8. The summed E-state index contributed by atoms with van der Waals surface area (Å²) in [7, 11) is 1.53. The third kappa shape index (κ3) is 9.82. The second-order valence-electron chi connectivity index (χ2n) is 23.5. The highest BCUT2D eigenvalue weighted by molar-refractivity contribution is 6.07. The van der Waals surface area contributed by atoms with Gasteiger partial charge in [-0.1, -0.05) is 13.0 Å². The average Bonchev–Trinajstić information content (AvgIpc) is 4.27. The molecule has 4 amide bonds. The minimum Gasteiger partial charge on any atom is -0.508 e. The van der Waals surface area contributed by atoms with Gasteiger partial charge in [0.05, 0.1) is 24.8 Å². The number of ketones is 1. The molecule has 5 aromatic rings. The fourth-order valence-corrected chi connectivity index (χ4v) is 13.8. The van der Waals surface area contributed by atoms with Gasteiger partial charge in [0.25, 0.3) is 5.91 Å². The SMILES string of the molecule is CCc1c(F)ccc2cc(O)cc(-c3ncc4c(N5CCC[C@]6(CCC6=O)C5)nc(OCC5(CN6CCN(CC7CCC8(CC7)CCN(C(=O)c7ccc(OC)c(N9CCC(=O)NC9=O)c7)CC8)CC6)CC5)nc4c3F)c12. The number of phenolic OH excluding ortho intramolecular Hbond substituents is 1. The Morgan fingerprint density at radius 2 is 1.64 bits per heavy atom. The van der Waals surface area contributed by atoms with Crippen LogP contribution in [0.2, 0.25) is 0 Å². The van der Waals surface area contributed by atoms with Crippen molar-refractivity contribution in [3.8, 4) is 28.8 Å². The summed E-state index contributed by atoms with van der Waals surface area (Å²) in [6, 6.07) is 10.7. The second-order valence-corrected chi connectivity index (χ2v) is 23.5. The Morgan fingerprint density at radius 1 is 0.857 bits per heavy atom. The number of rotatable bonds is 13. The predicted octanol–water partition coefficient (Wildman–Crippen LogP) is 8.69. The summed E-state index contributed by atoms with van der Waals surface area (Å²) < 4.78 is 44.6. The van der Waals surface area contributed by atoms with Gasteiger partial charge in [-0.2, -0.15) is 9.97 Å². The van der Waals surface area contributed by atoms with E-state index in [1.165, 1.54) is 49.8 Å². The number of ether oxygens (including phenoxy) is 2. The molecule has 4 aliphatic heterocycles. The van der Waals surface area contributed by atoms with Gasteiger partial charge in [0, 0.05) is 113 Å². The standard InChI is InChI=1S/C59H69F2N9O7/c1-3-41-44(60)7-5-38-29-40(71)31-42(49(38)41)51-50(61)52-43(32-62-51)53(69-21-4-13-59(35-69)16-11-47(59)72)65-55(64-52)77-36-58(17-18-58)34-67-27-25-66(26-28-67)33-37-9-14-57(15-10-37)19-23-68(24-20-57)54(74)39-6-8-46(76-2)45(30-39)70-22-12-48(73)63-56(70)75/h5-8,29-32,37,71H,3-4,9-28,33-36H2,1-2H3,(H,63,73,75)/t59-/m0/s1. The van der Waals surface area contributed by atoms with E-state index < -0.39 is 23.1 Å². The van der Waals surface area contributed by atoms with Crippen LogP contribution in [-0.4, -0.2) is 144 Å². The van der Waals surface area contributed by atoms with Crippen molar-refractivity contribution >= 4 is 56.8 Å². The molecule has 77 heavy (non-hydrogen) atoms. The van der Waals surface area contributed by atoms with E-state index >= 15 is 8.78 Å². The number of urea groups is 1. The Labute approximate surface area is 447 Å². The number of piperazine rings is 1. The van der Waals surface area contributed by atoms with Gasteiger partial charge < -0.3 is 34.2 Å². The van der Waals surface area contributed by atoms with Crippen LogP contribution in [0, 0.1) is 33.8 Å². The molecule has 2 aromatic heterocycles. The van der Waals surface area contributed by atoms with Crippen molar-refractivity contribution in [2.45, 2.75) is 96.8 Å². The fraction of sp³-hybridized carbons (Fsp3) is 0.542. The van der Waals surface area contributed by atoms with Gasteiger partial charge in [0.15, 0.2) is 5.82 Å². The van der Waals surface area contributed by atoms with Gasteiger partial charge in [-0.25, -0.2) is 13.6 Å². The van der Waals surface area contributed by atoms with Crippen LogP contribution < -0.4 is 24.6 Å². The molecule has 0 radical (unpaired) electrons. The lowest BCUT2D eigenvalue weighted by molar-refractivity contribution is -0.138. The number of carbonyl (C=O) groups excluding carboxylic acids is 4. The third-order valence-corrected chi connectivity index (χ3v) is 18.8. The number of nitrogens with one attached hydrogen (secondary N) is 1. The highest BCUT2D eigenvalue weighted by atomic mass is 19.1. The van der Waals surface area contributed by atoms with E-state index in [9.17, 15) is 24.3 Å². The molecular weight excluding hydrogens is 985 g/mol. The second kappa shape index (κ2) is 20.4. The number of imide groups is 1. The molecule has 3 aliphatic carbocycles. The summed E-state index contributed by atoms with van der Waals surface area (Å²) >= 11 is 0. The van der Waals surface area contributed by atoms with E-state index in [0.29, 0.717) is 96.1 Å². The molecular formula is C59H69F2N9O7. The zero-order valence-electron chi connectivity index (χ0n) is 44.3. The molecule has 7 aliphatic rings. The topological polar surface area (TPSA) is 174 Å². The molecule has 7 fully saturated rings. The number of phenols is 1. The number of hydrogen-bond acceptors (Lipinski definition) is 13. The van der Waals surface area contributed by atoms with E-state index in [2.05, 4.69) is 25.0 Å². The van der Waals surface area contributed by atoms with E-state index in [0.717, 1.165) is 84.2 Å². The molecule has 3 aromatic carbocycles. The van der Waals surface area contributed by atoms with Crippen LogP contribution in [0.15, 0.2) is 48.7 Å². The molecule has 18 heteroatoms. The first-order valence-electron chi connectivity index (χ1n) is 28.0. The van der Waals surface area contributed by atoms with Gasteiger partial charge in [-0.05, 0) is 141 Å². The number of Topliss-reactive ketones (excluding diaryl/α,β-unsaturated/α-hetero) is 1. The molecule has 406 valence electrons. The Morgan fingerprint density at radius 3 is 2.34 bits per heavy atom. The molecule has 12 rings (SSSR count). The van der Waals surface area contributed by atoms with Crippen LogP contribution in [0.4, 0.5) is 25.1 Å². The van der Waals surface area contributed by atoms with Crippen molar-refractivity contribution in [2.24, 2.45) is 22.2 Å². The highest BCUT2D eigenvalue weighted by Gasteiger charge is 2.49. The first-order chi connectivity index (χ1) is 37.2. The van der Waals surface area contributed by atoms with E-state index in [4.69, 9.17) is 19.4 Å². The van der Waals surface area contributed by atoms with E-state index in [-0.39, 0.29) is 69.9 Å². The summed E-state index contributed by atoms with van der Waals surface area (Å²) in [5, 5.41) is 14.6. The lowest BCUT2D eigenvalue weighted by Crippen LogP contribution is -2.53. The number of aryl methyl sites for hydroxylation is 1. The summed E-state index contributed by atoms with van der Waals surface area (Å²) in [6.45, 7) is 11.0. The molecule has 4 saturated heterocycles. The Hall–Kier alpha value is -6.53. The number of piperidine rings is 2. The maximum atomic E-state index is 17.3. The lowest BCUT2D eigenvalue weighted by atomic mass is 9.63. The summed E-state index contributed by atoms with van der Waals surface area (Å²) in [5.74, 6) is 0.297. The quantitative estimate of drug-likeness (QED) is 0.115. The van der Waals surface area contributed by atoms with Crippen molar-refractivity contribution in [2.75, 3.05) is 95.5 Å². The third-order valence-electron chi connectivity index (χ3n) is 18.8. The van der Waals surface area contributed by atoms with Crippen LogP contribution in [0.5, 0.6) is 17.5 Å². The minimum absolute atomic E-state index is 0.0284. The van der Waals surface area contributed by atoms with Gasteiger partial charge in [0.1, 0.15) is 40.1 Å². The zero-order valence-corrected chi connectivity index (χ0v) is 44.3. The number of halogens is 2. The van der Waals surface area contributed by atoms with Crippen LogP contribution in [-0.2, 0) is 16.0 Å². The number of aromatic nitrogens is 3. The van der Waals surface area contributed by atoms with Gasteiger partial charge in [0.2, 0.25) is 5.91 Å². The molecule has 2 spiro atoms. The summed E-state index contributed by atoms with van der Waals surface area (Å²) in [5.41, 5.74) is 1.42. The average molecular weight is 1050 g/mol. The molecule has 0 unspecified atom stereocenters. The van der Waals surface area contributed by atoms with Crippen LogP contribution in [0.25, 0.3) is 32.9 Å². The summed E-state index contributed by atoms with van der Waals surface area (Å²) in [6.07, 6.45) is 13.9. The Kier molecular flexibility index (Phi) is 13.5. The largest absolute Gasteiger partial charge is 0.508 e. The maximum absolute atomic E-state index is 17.3. The van der Waals surface area contributed by atoms with Crippen LogP contribution >= 0.6 is 0 Å². The van der Waals surface area contributed by atoms with Crippen LogP contribution in [0.1, 0.15) is 106 Å². The van der Waals surface area contributed by atoms with Gasteiger partial charge >= 0.3 is 12.0 Å². The predicted molar refractivity (Wildman–Crippen MR) is 287 cm³/mol. The number of pyridine rings is 1. The molecule has 2 N–H and O–H groups in total. The zero-order chi connectivity index (χ0) is 53.2. The number of benzene rings is 3. The number of anilines is 2. The number of likely N-dealkylation sites (tertiary alicyclic amines) is 1. The molecule has 16 nitrogen and oxygen atoms in total. The Balaban J connectivity index is 0.664. The first kappa shape index (κ1) is 51.2. The molecule has 6 heterocycles. The maximum Gasteiger partial charge on any atom is 0.328 e. The Bertz CT molecular complexity index is 3160. The van der Waals surface area contributed by atoms with E-state index in [1.54, 1.807) is 36.5 Å². The van der Waals surface area contributed by atoms with Crippen molar-refractivity contribution < 1.29 is 42.5 Å². The first-order valence-corrected chi connectivity index (χ1v) is 28.0. The van der Waals surface area contributed by atoms with Crippen molar-refractivity contribution in [3.05, 3.63) is 71.4 Å². The minimum atomic E-state index is -0.711. The van der Waals surface area contributed by atoms with Crippen molar-refractivity contribution in [3.63, 3.8) is 0 Å². The van der Waals surface area contributed by atoms with Gasteiger partial charge in [-0.15, -0.1) is 0 Å². The number of carbonyl (C=O) groups is 4. The molecule has 1 atom stereocenters. The number of fused-ring (bicyclic) bond motifs is 2. The van der Waals surface area contributed by atoms with E-state index in [1.807, 2.05) is 11.8 Å². The number of amides is 4.